The Labute approximate surface area is 158 Å². The first-order chi connectivity index (χ1) is 12.9. The molecule has 1 saturated heterocycles. The van der Waals surface area contributed by atoms with Gasteiger partial charge in [0.1, 0.15) is 5.82 Å². The van der Waals surface area contributed by atoms with Crippen LogP contribution in [-0.4, -0.2) is 49.4 Å². The van der Waals surface area contributed by atoms with Gasteiger partial charge in [-0.2, -0.15) is 0 Å². The summed E-state index contributed by atoms with van der Waals surface area (Å²) in [6, 6.07) is 12.3. The Balaban J connectivity index is 1.51. The molecule has 0 aromatic heterocycles. The topological polar surface area (TPSA) is 52.7 Å². The molecule has 0 atom stereocenters. The largest absolute Gasteiger partial charge is 0.366 e. The van der Waals surface area contributed by atoms with E-state index < -0.39 is 0 Å². The fourth-order valence-electron chi connectivity index (χ4n) is 3.38. The second kappa shape index (κ2) is 8.20. The van der Waals surface area contributed by atoms with E-state index in [0.29, 0.717) is 37.4 Å². The van der Waals surface area contributed by atoms with E-state index in [0.717, 1.165) is 11.1 Å². The Morgan fingerprint density at radius 2 is 1.63 bits per heavy atom. The first kappa shape index (κ1) is 18.9. The van der Waals surface area contributed by atoms with Crippen LogP contribution in [0.5, 0.6) is 0 Å². The molecule has 3 rings (SSSR count). The highest BCUT2D eigenvalue weighted by molar-refractivity contribution is 5.96. The van der Waals surface area contributed by atoms with Crippen LogP contribution in [0, 0.1) is 19.7 Å². The Bertz CT molecular complexity index is 825. The maximum atomic E-state index is 13.9. The molecule has 1 N–H and O–H groups in total. The van der Waals surface area contributed by atoms with E-state index in [1.54, 1.807) is 35.2 Å². The molecule has 0 radical (unpaired) electrons. The van der Waals surface area contributed by atoms with Gasteiger partial charge >= 0.3 is 0 Å². The van der Waals surface area contributed by atoms with Crippen molar-refractivity contribution in [1.82, 2.24) is 10.2 Å². The zero-order chi connectivity index (χ0) is 19.4. The number of nitrogens with zero attached hydrogens (tertiary/aromatic N) is 2. The van der Waals surface area contributed by atoms with Gasteiger partial charge in [-0.3, -0.25) is 9.59 Å². The number of nitrogens with one attached hydrogen (secondary N) is 1. The number of halogens is 1. The molecule has 1 heterocycles. The van der Waals surface area contributed by atoms with Gasteiger partial charge in [0.2, 0.25) is 5.91 Å². The smallest absolute Gasteiger partial charge is 0.251 e. The van der Waals surface area contributed by atoms with E-state index in [1.165, 1.54) is 6.07 Å². The third-order valence-electron chi connectivity index (χ3n) is 4.71. The van der Waals surface area contributed by atoms with Crippen LogP contribution in [0.15, 0.2) is 42.5 Å². The van der Waals surface area contributed by atoms with E-state index in [1.807, 2.05) is 24.8 Å². The van der Waals surface area contributed by atoms with Gasteiger partial charge in [0, 0.05) is 31.7 Å². The molecule has 1 aliphatic heterocycles. The molecule has 0 spiro atoms. The number of hydrogen-bond donors (Lipinski definition) is 1. The van der Waals surface area contributed by atoms with Crippen LogP contribution >= 0.6 is 0 Å². The van der Waals surface area contributed by atoms with Gasteiger partial charge < -0.3 is 15.1 Å². The summed E-state index contributed by atoms with van der Waals surface area (Å²) in [7, 11) is 0. The molecule has 27 heavy (non-hydrogen) atoms. The number of carbonyl (C=O) groups is 2. The monoisotopic (exact) mass is 369 g/mol. The van der Waals surface area contributed by atoms with E-state index in [2.05, 4.69) is 5.32 Å². The van der Waals surface area contributed by atoms with Crippen molar-refractivity contribution in [3.63, 3.8) is 0 Å². The van der Waals surface area contributed by atoms with Crippen molar-refractivity contribution in [2.24, 2.45) is 0 Å². The van der Waals surface area contributed by atoms with Crippen LogP contribution < -0.4 is 10.2 Å². The van der Waals surface area contributed by atoms with Crippen LogP contribution in [0.4, 0.5) is 10.1 Å². The van der Waals surface area contributed by atoms with Crippen molar-refractivity contribution >= 4 is 17.5 Å². The Morgan fingerprint density at radius 3 is 2.26 bits per heavy atom. The highest BCUT2D eigenvalue weighted by Crippen LogP contribution is 2.20. The zero-order valence-corrected chi connectivity index (χ0v) is 15.7. The minimum Gasteiger partial charge on any atom is -0.366 e. The highest BCUT2D eigenvalue weighted by Gasteiger charge is 2.23. The number of carbonyl (C=O) groups excluding carboxylic acids is 2. The van der Waals surface area contributed by atoms with Crippen LogP contribution in [-0.2, 0) is 4.79 Å². The van der Waals surface area contributed by atoms with Crippen LogP contribution in [0.1, 0.15) is 21.5 Å². The fraction of sp³-hybridized carbons (Fsp3) is 0.333. The summed E-state index contributed by atoms with van der Waals surface area (Å²) in [6.45, 7) is 5.98. The molecular formula is C21H24FN3O2. The quantitative estimate of drug-likeness (QED) is 0.901. The lowest BCUT2D eigenvalue weighted by Crippen LogP contribution is -2.51. The summed E-state index contributed by atoms with van der Waals surface area (Å²) < 4.78 is 13.9. The molecule has 5 nitrogen and oxygen atoms in total. The third-order valence-corrected chi connectivity index (χ3v) is 4.71. The summed E-state index contributed by atoms with van der Waals surface area (Å²) in [5.74, 6) is -0.626. The second-order valence-electron chi connectivity index (χ2n) is 6.88. The van der Waals surface area contributed by atoms with Crippen LogP contribution in [0.25, 0.3) is 0 Å². The molecule has 2 amide bonds. The van der Waals surface area contributed by atoms with Crippen molar-refractivity contribution in [2.75, 3.05) is 37.6 Å². The molecule has 1 aliphatic rings. The summed E-state index contributed by atoms with van der Waals surface area (Å²) >= 11 is 0. The van der Waals surface area contributed by atoms with E-state index in [4.69, 9.17) is 0 Å². The zero-order valence-electron chi connectivity index (χ0n) is 15.7. The van der Waals surface area contributed by atoms with Crippen molar-refractivity contribution in [3.05, 3.63) is 65.0 Å². The van der Waals surface area contributed by atoms with Gasteiger partial charge in [0.05, 0.1) is 12.2 Å². The lowest BCUT2D eigenvalue weighted by molar-refractivity contribution is -0.130. The summed E-state index contributed by atoms with van der Waals surface area (Å²) in [5, 5.41) is 2.70. The predicted octanol–water partition coefficient (Wildman–Crippen LogP) is 2.52. The maximum Gasteiger partial charge on any atom is 0.251 e. The molecule has 2 aromatic carbocycles. The molecule has 0 bridgehead atoms. The van der Waals surface area contributed by atoms with Crippen molar-refractivity contribution in [2.45, 2.75) is 13.8 Å². The maximum absolute atomic E-state index is 13.9. The first-order valence-corrected chi connectivity index (χ1v) is 9.08. The van der Waals surface area contributed by atoms with Crippen molar-refractivity contribution < 1.29 is 14.0 Å². The van der Waals surface area contributed by atoms with Gasteiger partial charge in [-0.1, -0.05) is 29.3 Å². The molecule has 0 saturated carbocycles. The van der Waals surface area contributed by atoms with Crippen LogP contribution in [0.2, 0.25) is 0 Å². The van der Waals surface area contributed by atoms with Gasteiger partial charge in [-0.25, -0.2) is 4.39 Å². The molecule has 0 unspecified atom stereocenters. The van der Waals surface area contributed by atoms with Crippen molar-refractivity contribution in [3.8, 4) is 0 Å². The van der Waals surface area contributed by atoms with E-state index in [9.17, 15) is 14.0 Å². The minimum atomic E-state index is -0.252. The number of rotatable bonds is 4. The number of para-hydroxylation sites is 1. The molecule has 6 heteroatoms. The Morgan fingerprint density at radius 1 is 1.00 bits per heavy atom. The van der Waals surface area contributed by atoms with Crippen LogP contribution in [0.3, 0.4) is 0 Å². The number of aryl methyl sites for hydroxylation is 2. The lowest BCUT2D eigenvalue weighted by Gasteiger charge is -2.36. The molecular weight excluding hydrogens is 345 g/mol. The molecule has 1 fully saturated rings. The normalized spacial score (nSPS) is 14.2. The molecule has 0 aliphatic carbocycles. The van der Waals surface area contributed by atoms with Gasteiger partial charge in [-0.05, 0) is 38.1 Å². The fourth-order valence-corrected chi connectivity index (χ4v) is 3.38. The number of piperazine rings is 1. The lowest BCUT2D eigenvalue weighted by atomic mass is 10.1. The second-order valence-corrected chi connectivity index (χ2v) is 6.88. The average molecular weight is 369 g/mol. The van der Waals surface area contributed by atoms with Gasteiger partial charge in [0.25, 0.3) is 5.91 Å². The first-order valence-electron chi connectivity index (χ1n) is 9.08. The molecule has 2 aromatic rings. The summed E-state index contributed by atoms with van der Waals surface area (Å²) in [4.78, 5) is 28.3. The summed E-state index contributed by atoms with van der Waals surface area (Å²) in [6.07, 6.45) is 0. The highest BCUT2D eigenvalue weighted by atomic mass is 19.1. The Kier molecular flexibility index (Phi) is 5.74. The van der Waals surface area contributed by atoms with E-state index in [-0.39, 0.29) is 24.2 Å². The van der Waals surface area contributed by atoms with E-state index >= 15 is 0 Å². The number of benzene rings is 2. The van der Waals surface area contributed by atoms with Gasteiger partial charge in [-0.15, -0.1) is 0 Å². The summed E-state index contributed by atoms with van der Waals surface area (Å²) in [5.41, 5.74) is 3.14. The molecule has 142 valence electrons. The average Bonchev–Trinajstić information content (AvgIpc) is 2.65. The van der Waals surface area contributed by atoms with Gasteiger partial charge in [0.15, 0.2) is 0 Å². The number of hydrogen-bond acceptors (Lipinski definition) is 3. The Hall–Kier alpha value is -2.89. The number of amides is 2. The number of anilines is 1. The predicted molar refractivity (Wildman–Crippen MR) is 103 cm³/mol. The minimum absolute atomic E-state index is 0.0362. The third kappa shape index (κ3) is 4.64. The SMILES string of the molecule is Cc1cc(C)cc(C(=O)NCC(=O)N2CCN(c3ccccc3F)CC2)c1. The van der Waals surface area contributed by atoms with Crippen molar-refractivity contribution in [1.29, 1.82) is 0 Å². The standard InChI is InChI=1S/C21H24FN3O2/c1-15-11-16(2)13-17(12-15)21(27)23-14-20(26)25-9-7-24(8-10-25)19-6-4-3-5-18(19)22/h3-6,11-13H,7-10,14H2,1-2H3,(H,23,27).